The molecule has 0 aliphatic heterocycles. The number of carbonyl (C=O) groups is 2. The molecule has 1 heterocycles. The van der Waals surface area contributed by atoms with Crippen molar-refractivity contribution in [1.82, 2.24) is 9.97 Å². The predicted molar refractivity (Wildman–Crippen MR) is 72.5 cm³/mol. The van der Waals surface area contributed by atoms with Gasteiger partial charge in [-0.1, -0.05) is 11.6 Å². The Morgan fingerprint density at radius 2 is 1.80 bits per heavy atom. The molecule has 0 bridgehead atoms. The van der Waals surface area contributed by atoms with Gasteiger partial charge in [-0.3, -0.25) is 4.79 Å². The molecule has 2 aromatic rings. The van der Waals surface area contributed by atoms with Gasteiger partial charge in [0.05, 0.1) is 0 Å². The number of aromatic nitrogens is 2. The lowest BCUT2D eigenvalue weighted by atomic mass is 10.1. The topological polar surface area (TPSA) is 95.2 Å². The van der Waals surface area contributed by atoms with Crippen molar-refractivity contribution in [2.45, 2.75) is 0 Å². The maximum Gasteiger partial charge on any atom is 0.361 e. The molecule has 6 nitrogen and oxygen atoms in total. The van der Waals surface area contributed by atoms with Crippen LogP contribution in [0.25, 0.3) is 0 Å². The average Bonchev–Trinajstić information content (AvgIpc) is 2.45. The number of esters is 1. The Morgan fingerprint density at radius 3 is 2.45 bits per heavy atom. The maximum absolute atomic E-state index is 11.8. The number of benzene rings is 1. The lowest BCUT2D eigenvalue weighted by Gasteiger charge is -2.05. The highest BCUT2D eigenvalue weighted by Gasteiger charge is 2.16. The number of hydrogen-bond donors (Lipinski definition) is 1. The number of carbonyl (C=O) groups excluding carboxylic acids is 2. The van der Waals surface area contributed by atoms with Crippen molar-refractivity contribution in [2.75, 3.05) is 12.3 Å². The first-order chi connectivity index (χ1) is 9.58. The number of halogens is 1. The number of anilines is 1. The summed E-state index contributed by atoms with van der Waals surface area (Å²) >= 11 is 5.72. The summed E-state index contributed by atoms with van der Waals surface area (Å²) in [7, 11) is 0. The van der Waals surface area contributed by atoms with Crippen LogP contribution in [0.2, 0.25) is 5.02 Å². The Hall–Kier alpha value is -2.47. The van der Waals surface area contributed by atoms with Gasteiger partial charge in [-0.25, -0.2) is 14.8 Å². The second kappa shape index (κ2) is 6.12. The first-order valence-electron chi connectivity index (χ1n) is 5.60. The first kappa shape index (κ1) is 14.0. The summed E-state index contributed by atoms with van der Waals surface area (Å²) in [6.45, 7) is -0.406. The Kier molecular flexibility index (Phi) is 4.27. The van der Waals surface area contributed by atoms with Gasteiger partial charge in [-0.2, -0.15) is 0 Å². The second-order valence-corrected chi connectivity index (χ2v) is 4.23. The van der Waals surface area contributed by atoms with Crippen LogP contribution in [-0.2, 0) is 4.74 Å². The first-order valence-corrected chi connectivity index (χ1v) is 5.98. The fourth-order valence-electron chi connectivity index (χ4n) is 1.42. The van der Waals surface area contributed by atoms with E-state index < -0.39 is 12.6 Å². The van der Waals surface area contributed by atoms with Gasteiger partial charge in [0.25, 0.3) is 0 Å². The third-order valence-corrected chi connectivity index (χ3v) is 2.67. The van der Waals surface area contributed by atoms with Crippen molar-refractivity contribution in [2.24, 2.45) is 0 Å². The average molecular weight is 292 g/mol. The highest BCUT2D eigenvalue weighted by atomic mass is 35.5. The highest BCUT2D eigenvalue weighted by molar-refractivity contribution is 6.30. The lowest BCUT2D eigenvalue weighted by Crippen LogP contribution is -2.17. The van der Waals surface area contributed by atoms with Gasteiger partial charge < -0.3 is 10.5 Å². The van der Waals surface area contributed by atoms with E-state index in [2.05, 4.69) is 9.97 Å². The van der Waals surface area contributed by atoms with Crippen LogP contribution in [0.3, 0.4) is 0 Å². The minimum absolute atomic E-state index is 0.0450. The third-order valence-electron chi connectivity index (χ3n) is 2.42. The summed E-state index contributed by atoms with van der Waals surface area (Å²) in [4.78, 5) is 30.9. The van der Waals surface area contributed by atoms with E-state index in [1.165, 1.54) is 12.4 Å². The van der Waals surface area contributed by atoms with E-state index in [1.54, 1.807) is 24.3 Å². The summed E-state index contributed by atoms with van der Waals surface area (Å²) in [6, 6.07) is 6.26. The number of Topliss-reactive ketones (excluding diaryl/α,β-unsaturated/α-hetero) is 1. The Balaban J connectivity index is 1.99. The number of rotatable bonds is 4. The van der Waals surface area contributed by atoms with Crippen LogP contribution in [0.5, 0.6) is 0 Å². The molecule has 2 N–H and O–H groups in total. The number of ketones is 1. The Morgan fingerprint density at radius 1 is 1.15 bits per heavy atom. The van der Waals surface area contributed by atoms with Crippen molar-refractivity contribution >= 4 is 29.2 Å². The molecule has 0 saturated heterocycles. The van der Waals surface area contributed by atoms with Crippen LogP contribution in [0.1, 0.15) is 20.8 Å². The van der Waals surface area contributed by atoms with Gasteiger partial charge in [0.15, 0.2) is 23.9 Å². The zero-order chi connectivity index (χ0) is 14.5. The van der Waals surface area contributed by atoms with Crippen molar-refractivity contribution < 1.29 is 14.3 Å². The summed E-state index contributed by atoms with van der Waals surface area (Å²) in [5, 5.41) is 0.519. The Labute approximate surface area is 119 Å². The van der Waals surface area contributed by atoms with Crippen molar-refractivity contribution in [3.05, 3.63) is 52.9 Å². The molecule has 0 atom stereocenters. The molecule has 1 aromatic carbocycles. The van der Waals surface area contributed by atoms with Crippen molar-refractivity contribution in [1.29, 1.82) is 0 Å². The number of hydrogen-bond acceptors (Lipinski definition) is 6. The predicted octanol–water partition coefficient (Wildman–Crippen LogP) is 1.75. The standard InChI is InChI=1S/C13H10ClN3O3/c14-9-3-1-8(2-4-9)10(18)7-20-13(19)11-12(15)17-6-5-16-11/h1-6H,7H2,(H2,15,17). The van der Waals surface area contributed by atoms with Gasteiger partial charge >= 0.3 is 5.97 Å². The zero-order valence-corrected chi connectivity index (χ0v) is 11.0. The monoisotopic (exact) mass is 291 g/mol. The van der Waals surface area contributed by atoms with Crippen molar-refractivity contribution in [3.8, 4) is 0 Å². The summed E-state index contributed by atoms with van der Waals surface area (Å²) in [6.07, 6.45) is 2.67. The lowest BCUT2D eigenvalue weighted by molar-refractivity contribution is 0.0469. The molecule has 0 radical (unpaired) electrons. The molecule has 20 heavy (non-hydrogen) atoms. The van der Waals surface area contributed by atoms with Crippen LogP contribution >= 0.6 is 11.6 Å². The number of nitrogen functional groups attached to an aromatic ring is 1. The SMILES string of the molecule is Nc1nccnc1C(=O)OCC(=O)c1ccc(Cl)cc1. The minimum atomic E-state index is -0.794. The summed E-state index contributed by atoms with van der Waals surface area (Å²) in [5.41, 5.74) is 5.76. The molecule has 0 aliphatic rings. The Bertz CT molecular complexity index is 644. The van der Waals surface area contributed by atoms with E-state index in [-0.39, 0.29) is 17.3 Å². The van der Waals surface area contributed by atoms with Crippen LogP contribution < -0.4 is 5.73 Å². The molecule has 0 amide bonds. The van der Waals surface area contributed by atoms with Crippen LogP contribution in [-0.4, -0.2) is 28.3 Å². The molecular weight excluding hydrogens is 282 g/mol. The van der Waals surface area contributed by atoms with Gasteiger partial charge in [-0.15, -0.1) is 0 Å². The van der Waals surface area contributed by atoms with Crippen LogP contribution in [0, 0.1) is 0 Å². The molecule has 102 valence electrons. The van der Waals surface area contributed by atoms with Gasteiger partial charge in [0.1, 0.15) is 0 Å². The van der Waals surface area contributed by atoms with E-state index in [1.807, 2.05) is 0 Å². The third kappa shape index (κ3) is 3.30. The van der Waals surface area contributed by atoms with Crippen LogP contribution in [0.15, 0.2) is 36.7 Å². The van der Waals surface area contributed by atoms with Gasteiger partial charge in [0.2, 0.25) is 0 Å². The van der Waals surface area contributed by atoms with E-state index in [0.29, 0.717) is 10.6 Å². The molecule has 7 heteroatoms. The molecule has 1 aromatic heterocycles. The smallest absolute Gasteiger partial charge is 0.361 e. The number of ether oxygens (including phenoxy) is 1. The van der Waals surface area contributed by atoms with Crippen molar-refractivity contribution in [3.63, 3.8) is 0 Å². The zero-order valence-electron chi connectivity index (χ0n) is 10.2. The quantitative estimate of drug-likeness (QED) is 0.681. The van der Waals surface area contributed by atoms with Gasteiger partial charge in [0, 0.05) is 23.0 Å². The van der Waals surface area contributed by atoms with E-state index in [4.69, 9.17) is 22.1 Å². The molecule has 0 aliphatic carbocycles. The molecule has 0 saturated carbocycles. The molecule has 0 unspecified atom stereocenters. The number of nitrogens with two attached hydrogens (primary N) is 1. The summed E-state index contributed by atoms with van der Waals surface area (Å²) < 4.78 is 4.85. The van der Waals surface area contributed by atoms with Crippen LogP contribution in [0.4, 0.5) is 5.82 Å². The number of nitrogens with zero attached hydrogens (tertiary/aromatic N) is 2. The maximum atomic E-state index is 11.8. The fourth-order valence-corrected chi connectivity index (χ4v) is 1.55. The fraction of sp³-hybridized carbons (Fsp3) is 0.0769. The normalized spacial score (nSPS) is 10.1. The minimum Gasteiger partial charge on any atom is -0.452 e. The molecule has 0 fully saturated rings. The molecule has 2 rings (SSSR count). The molecule has 0 spiro atoms. The summed E-state index contributed by atoms with van der Waals surface area (Å²) in [5.74, 6) is -1.19. The van der Waals surface area contributed by atoms with E-state index >= 15 is 0 Å². The van der Waals surface area contributed by atoms with E-state index in [0.717, 1.165) is 0 Å². The molecular formula is C13H10ClN3O3. The second-order valence-electron chi connectivity index (χ2n) is 3.80. The largest absolute Gasteiger partial charge is 0.452 e. The van der Waals surface area contributed by atoms with E-state index in [9.17, 15) is 9.59 Å². The van der Waals surface area contributed by atoms with Gasteiger partial charge in [-0.05, 0) is 24.3 Å². The highest BCUT2D eigenvalue weighted by Crippen LogP contribution is 2.11.